The van der Waals surface area contributed by atoms with E-state index < -0.39 is 17.9 Å². The molecule has 1 aromatic carbocycles. The van der Waals surface area contributed by atoms with Crippen LogP contribution >= 0.6 is 0 Å². The first-order valence-corrected chi connectivity index (χ1v) is 8.56. The third-order valence-corrected chi connectivity index (χ3v) is 3.63. The van der Waals surface area contributed by atoms with Gasteiger partial charge in [0, 0.05) is 0 Å². The van der Waals surface area contributed by atoms with Crippen LogP contribution in [0.25, 0.3) is 0 Å². The highest BCUT2D eigenvalue weighted by atomic mass is 17.2. The molecule has 0 aliphatic carbocycles. The summed E-state index contributed by atoms with van der Waals surface area (Å²) in [6.45, 7) is 4.28. The van der Waals surface area contributed by atoms with E-state index in [0.29, 0.717) is 13.2 Å². The Morgan fingerprint density at radius 3 is 2.08 bits per heavy atom. The number of fused-ring (bicyclic) bond motifs is 1. The molecule has 0 fully saturated rings. The van der Waals surface area contributed by atoms with Gasteiger partial charge < -0.3 is 14.2 Å². The van der Waals surface area contributed by atoms with Crippen LogP contribution in [-0.4, -0.2) is 37.7 Å². The van der Waals surface area contributed by atoms with Gasteiger partial charge in [-0.1, -0.05) is 38.8 Å². The Labute approximate surface area is 147 Å². The Bertz CT molecular complexity index is 575. The largest absolute Gasteiger partial charge is 0.402 e. The van der Waals surface area contributed by atoms with Crippen molar-refractivity contribution in [2.75, 3.05) is 19.8 Å². The molecule has 7 heteroatoms. The van der Waals surface area contributed by atoms with Gasteiger partial charge in [-0.15, -0.1) is 0 Å². The second-order valence-corrected chi connectivity index (χ2v) is 5.66. The monoisotopic (exact) mass is 352 g/mol. The minimum absolute atomic E-state index is 0.0606. The van der Waals surface area contributed by atoms with Gasteiger partial charge in [-0.2, -0.15) is 4.89 Å². The summed E-state index contributed by atoms with van der Waals surface area (Å²) in [5.74, 6) is -3.25. The standard InChI is InChI=1S/C18H24O7/c1-3-5-11-21-18(22-12-6-4-2)13-23-25-17(20)15-10-8-7-9-14(15)16(19)24-18/h7-10H,3-6,11-13H2,1-2H3. The Hall–Kier alpha value is -1.96. The molecule has 0 atom stereocenters. The quantitative estimate of drug-likeness (QED) is 0.307. The lowest BCUT2D eigenvalue weighted by molar-refractivity contribution is -0.405. The van der Waals surface area contributed by atoms with Crippen LogP contribution in [0.3, 0.4) is 0 Å². The molecule has 0 unspecified atom stereocenters. The molecule has 0 N–H and O–H groups in total. The van der Waals surface area contributed by atoms with Crippen LogP contribution in [0.5, 0.6) is 0 Å². The number of ether oxygens (including phenoxy) is 3. The van der Waals surface area contributed by atoms with Crippen molar-refractivity contribution in [2.45, 2.75) is 45.5 Å². The van der Waals surface area contributed by atoms with Gasteiger partial charge in [0.05, 0.1) is 24.3 Å². The van der Waals surface area contributed by atoms with Crippen LogP contribution < -0.4 is 0 Å². The van der Waals surface area contributed by atoms with Gasteiger partial charge in [-0.05, 0) is 25.0 Å². The van der Waals surface area contributed by atoms with Crippen molar-refractivity contribution in [3.8, 4) is 0 Å². The van der Waals surface area contributed by atoms with Crippen molar-refractivity contribution in [1.82, 2.24) is 0 Å². The van der Waals surface area contributed by atoms with Crippen LogP contribution in [-0.2, 0) is 24.0 Å². The average molecular weight is 352 g/mol. The molecule has 0 spiro atoms. The minimum atomic E-state index is -1.75. The van der Waals surface area contributed by atoms with E-state index in [0.717, 1.165) is 25.7 Å². The predicted molar refractivity (Wildman–Crippen MR) is 87.7 cm³/mol. The molecular weight excluding hydrogens is 328 g/mol. The number of carbonyl (C=O) groups excluding carboxylic acids is 2. The fourth-order valence-corrected chi connectivity index (χ4v) is 2.19. The third-order valence-electron chi connectivity index (χ3n) is 3.63. The maximum absolute atomic E-state index is 12.6. The molecule has 1 aliphatic heterocycles. The molecule has 1 aliphatic rings. The van der Waals surface area contributed by atoms with E-state index in [-0.39, 0.29) is 17.7 Å². The number of carbonyl (C=O) groups is 2. The Balaban J connectivity index is 2.26. The maximum Gasteiger partial charge on any atom is 0.373 e. The fraction of sp³-hybridized carbons (Fsp3) is 0.556. The van der Waals surface area contributed by atoms with Gasteiger partial charge in [-0.3, -0.25) is 4.89 Å². The lowest BCUT2D eigenvalue weighted by atomic mass is 10.1. The summed E-state index contributed by atoms with van der Waals surface area (Å²) in [6.07, 6.45) is 3.31. The number of hydrogen-bond acceptors (Lipinski definition) is 7. The van der Waals surface area contributed by atoms with Crippen molar-refractivity contribution in [3.05, 3.63) is 35.4 Å². The summed E-state index contributed by atoms with van der Waals surface area (Å²) in [6, 6.07) is 6.19. The van der Waals surface area contributed by atoms with Crippen LogP contribution in [0.1, 0.15) is 60.2 Å². The SMILES string of the molecule is CCCCOC1(OCCCC)COOC(=O)c2ccccc2C(=O)O1. The van der Waals surface area contributed by atoms with Gasteiger partial charge >= 0.3 is 17.9 Å². The van der Waals surface area contributed by atoms with E-state index in [1.165, 1.54) is 12.1 Å². The van der Waals surface area contributed by atoms with Gasteiger partial charge in [0.15, 0.2) is 6.61 Å². The molecule has 1 heterocycles. The second kappa shape index (κ2) is 9.50. The average Bonchev–Trinajstić information content (AvgIpc) is 2.66. The number of hydrogen-bond donors (Lipinski definition) is 0. The molecular formula is C18H24O7. The van der Waals surface area contributed by atoms with Gasteiger partial charge in [0.2, 0.25) is 0 Å². The first-order valence-electron chi connectivity index (χ1n) is 8.56. The smallest absolute Gasteiger partial charge is 0.373 e. The number of rotatable bonds is 8. The topological polar surface area (TPSA) is 80.3 Å². The molecule has 0 aromatic heterocycles. The number of esters is 1. The molecule has 2 rings (SSSR count). The van der Waals surface area contributed by atoms with E-state index in [1.54, 1.807) is 12.1 Å². The lowest BCUT2D eigenvalue weighted by Gasteiger charge is -2.31. The van der Waals surface area contributed by atoms with Gasteiger partial charge in [-0.25, -0.2) is 9.59 Å². The lowest BCUT2D eigenvalue weighted by Crippen LogP contribution is -2.46. The van der Waals surface area contributed by atoms with Crippen molar-refractivity contribution >= 4 is 11.9 Å². The highest BCUT2D eigenvalue weighted by Gasteiger charge is 2.41. The first kappa shape index (κ1) is 19.4. The molecule has 0 saturated carbocycles. The third kappa shape index (κ3) is 5.26. The number of benzene rings is 1. The summed E-state index contributed by atoms with van der Waals surface area (Å²) in [5, 5.41) is 0. The zero-order valence-corrected chi connectivity index (χ0v) is 14.6. The molecule has 0 saturated heterocycles. The van der Waals surface area contributed by atoms with Crippen LogP contribution in [0.4, 0.5) is 0 Å². The summed E-state index contributed by atoms with van der Waals surface area (Å²) in [4.78, 5) is 34.4. The van der Waals surface area contributed by atoms with E-state index in [4.69, 9.17) is 24.0 Å². The van der Waals surface area contributed by atoms with E-state index in [1.807, 2.05) is 13.8 Å². The Morgan fingerprint density at radius 1 is 0.960 bits per heavy atom. The highest BCUT2D eigenvalue weighted by molar-refractivity contribution is 6.03. The summed E-state index contributed by atoms with van der Waals surface area (Å²) in [5.41, 5.74) is 0.131. The number of unbranched alkanes of at least 4 members (excludes halogenated alkanes) is 2. The van der Waals surface area contributed by atoms with Crippen molar-refractivity contribution in [3.63, 3.8) is 0 Å². The highest BCUT2D eigenvalue weighted by Crippen LogP contribution is 2.24. The molecule has 0 radical (unpaired) electrons. The molecule has 138 valence electrons. The van der Waals surface area contributed by atoms with Crippen LogP contribution in [0, 0.1) is 0 Å². The minimum Gasteiger partial charge on any atom is -0.402 e. The Kier molecular flexibility index (Phi) is 7.36. The molecule has 0 amide bonds. The van der Waals surface area contributed by atoms with Crippen LogP contribution in [0.15, 0.2) is 24.3 Å². The summed E-state index contributed by atoms with van der Waals surface area (Å²) < 4.78 is 16.9. The molecule has 7 nitrogen and oxygen atoms in total. The number of cyclic esters (lactones) is 1. The van der Waals surface area contributed by atoms with Crippen LogP contribution in [0.2, 0.25) is 0 Å². The fourth-order valence-electron chi connectivity index (χ4n) is 2.19. The maximum atomic E-state index is 12.6. The predicted octanol–water partition coefficient (Wildman–Crippen LogP) is 3.23. The van der Waals surface area contributed by atoms with Crippen molar-refractivity contribution in [2.24, 2.45) is 0 Å². The van der Waals surface area contributed by atoms with E-state index >= 15 is 0 Å². The van der Waals surface area contributed by atoms with Crippen molar-refractivity contribution in [1.29, 1.82) is 0 Å². The Morgan fingerprint density at radius 2 is 1.52 bits per heavy atom. The van der Waals surface area contributed by atoms with Crippen molar-refractivity contribution < 1.29 is 33.6 Å². The zero-order chi connectivity index (χ0) is 18.1. The van der Waals surface area contributed by atoms with Gasteiger partial charge in [0.25, 0.3) is 0 Å². The molecule has 0 bridgehead atoms. The summed E-state index contributed by atoms with van der Waals surface area (Å²) >= 11 is 0. The van der Waals surface area contributed by atoms with E-state index in [2.05, 4.69) is 0 Å². The first-order chi connectivity index (χ1) is 12.1. The zero-order valence-electron chi connectivity index (χ0n) is 14.6. The normalized spacial score (nSPS) is 16.9. The second-order valence-electron chi connectivity index (χ2n) is 5.66. The molecule has 25 heavy (non-hydrogen) atoms. The summed E-state index contributed by atoms with van der Waals surface area (Å²) in [7, 11) is 0. The van der Waals surface area contributed by atoms with E-state index in [9.17, 15) is 9.59 Å². The molecule has 1 aromatic rings. The van der Waals surface area contributed by atoms with Gasteiger partial charge in [0.1, 0.15) is 0 Å².